The van der Waals surface area contributed by atoms with E-state index in [2.05, 4.69) is 21.5 Å². The molecule has 270 valence electrons. The molecule has 1 N–H and O–H groups in total. The monoisotopic (exact) mass is 731 g/mol. The molecule has 13 heteroatoms. The zero-order valence-corrected chi connectivity index (χ0v) is 30.2. The van der Waals surface area contributed by atoms with Crippen LogP contribution in [-0.4, -0.2) is 56.9 Å². The zero-order valence-electron chi connectivity index (χ0n) is 29.4. The SMILES string of the molecule is CNC(=O)c1c(-c2ccc(F)cc2)oc2cc(N(CC3(C)COC(C)(C)OC3)SC)c(-c3ccc(OC)c(-c4nc5c(F)cc(F)cc5o4)c3)cc12. The highest BCUT2D eigenvalue weighted by atomic mass is 32.2. The smallest absolute Gasteiger partial charge is 0.255 e. The first-order valence-electron chi connectivity index (χ1n) is 16.4. The van der Waals surface area contributed by atoms with Gasteiger partial charge in [-0.15, -0.1) is 0 Å². The van der Waals surface area contributed by atoms with Crippen LogP contribution >= 0.6 is 11.9 Å². The van der Waals surface area contributed by atoms with E-state index in [4.69, 9.17) is 23.0 Å². The fourth-order valence-electron chi connectivity index (χ4n) is 6.31. The summed E-state index contributed by atoms with van der Waals surface area (Å²) in [7, 11) is 3.02. The molecule has 0 atom stereocenters. The summed E-state index contributed by atoms with van der Waals surface area (Å²) in [6.07, 6.45) is 1.96. The van der Waals surface area contributed by atoms with Gasteiger partial charge in [0.05, 0.1) is 37.1 Å². The minimum atomic E-state index is -0.852. The van der Waals surface area contributed by atoms with Gasteiger partial charge in [-0.2, -0.15) is 0 Å². The predicted molar refractivity (Wildman–Crippen MR) is 195 cm³/mol. The second-order valence-corrected chi connectivity index (χ2v) is 14.2. The zero-order chi connectivity index (χ0) is 36.9. The van der Waals surface area contributed by atoms with Crippen molar-refractivity contribution in [1.29, 1.82) is 0 Å². The van der Waals surface area contributed by atoms with Gasteiger partial charge in [0, 0.05) is 60.0 Å². The van der Waals surface area contributed by atoms with E-state index >= 15 is 0 Å². The Bertz CT molecular complexity index is 2310. The first kappa shape index (κ1) is 35.4. The van der Waals surface area contributed by atoms with E-state index in [1.165, 1.54) is 38.2 Å². The molecule has 0 saturated carbocycles. The van der Waals surface area contributed by atoms with Crippen molar-refractivity contribution < 1.29 is 41.0 Å². The third-order valence-electron chi connectivity index (χ3n) is 9.07. The molecule has 1 saturated heterocycles. The number of methoxy groups -OCH3 is 1. The third-order valence-corrected chi connectivity index (χ3v) is 9.84. The highest BCUT2D eigenvalue weighted by Gasteiger charge is 2.39. The van der Waals surface area contributed by atoms with Gasteiger partial charge in [-0.3, -0.25) is 4.79 Å². The normalized spacial score (nSPS) is 15.2. The standard InChI is InChI=1S/C39H36F3N3O6S/c1-38(2)48-19-39(3,20-49-38)18-45(52-6)29-17-31-26(33(36(46)43-4)35(50-31)21-7-10-23(40)11-8-21)16-25(29)22-9-12-30(47-5)27(13-22)37-44-34-28(42)14-24(41)15-32(34)51-37/h7-17H,18-20H2,1-6H3,(H,43,46). The van der Waals surface area contributed by atoms with Crippen LogP contribution in [0.3, 0.4) is 0 Å². The van der Waals surface area contributed by atoms with Crippen molar-refractivity contribution in [2.45, 2.75) is 26.6 Å². The summed E-state index contributed by atoms with van der Waals surface area (Å²) in [4.78, 5) is 17.9. The van der Waals surface area contributed by atoms with E-state index in [0.29, 0.717) is 58.7 Å². The lowest BCUT2D eigenvalue weighted by atomic mass is 9.90. The first-order chi connectivity index (χ1) is 24.8. The number of furan rings is 1. The molecule has 0 bridgehead atoms. The topological polar surface area (TPSA) is 99.2 Å². The summed E-state index contributed by atoms with van der Waals surface area (Å²) in [6, 6.07) is 16.7. The van der Waals surface area contributed by atoms with Gasteiger partial charge in [0.1, 0.15) is 34.2 Å². The number of hydrogen-bond donors (Lipinski definition) is 1. The number of amides is 1. The summed E-state index contributed by atoms with van der Waals surface area (Å²) in [5, 5.41) is 3.23. The second kappa shape index (κ2) is 13.5. The molecule has 9 nitrogen and oxygen atoms in total. The quantitative estimate of drug-likeness (QED) is 0.146. The Morgan fingerprint density at radius 1 is 0.904 bits per heavy atom. The molecule has 1 fully saturated rings. The molecule has 0 radical (unpaired) electrons. The number of hydrogen-bond acceptors (Lipinski definition) is 9. The molecule has 6 aromatic rings. The molecule has 0 aliphatic carbocycles. The van der Waals surface area contributed by atoms with Crippen molar-refractivity contribution in [3.63, 3.8) is 0 Å². The maximum absolute atomic E-state index is 14.7. The molecule has 52 heavy (non-hydrogen) atoms. The molecule has 0 spiro atoms. The maximum Gasteiger partial charge on any atom is 0.255 e. The van der Waals surface area contributed by atoms with E-state index in [1.807, 2.05) is 38.3 Å². The lowest BCUT2D eigenvalue weighted by Crippen LogP contribution is -2.49. The second-order valence-electron chi connectivity index (χ2n) is 13.4. The molecule has 1 aliphatic rings. The number of fused-ring (bicyclic) bond motifs is 2. The Morgan fingerprint density at radius 3 is 2.29 bits per heavy atom. The Hall–Kier alpha value is -4.98. The highest BCUT2D eigenvalue weighted by molar-refractivity contribution is 8.00. The van der Waals surface area contributed by atoms with E-state index in [1.54, 1.807) is 24.3 Å². The fraction of sp³-hybridized carbons (Fsp3) is 0.282. The minimum Gasteiger partial charge on any atom is -0.496 e. The number of ether oxygens (including phenoxy) is 3. The number of anilines is 1. The number of carbonyl (C=O) groups is 1. The lowest BCUT2D eigenvalue weighted by Gasteiger charge is -2.43. The Labute approximate surface area is 302 Å². The third kappa shape index (κ3) is 6.59. The molecular weight excluding hydrogens is 696 g/mol. The van der Waals surface area contributed by atoms with Crippen LogP contribution in [0.15, 0.2) is 75.6 Å². The van der Waals surface area contributed by atoms with Crippen molar-refractivity contribution in [3.05, 3.63) is 89.7 Å². The van der Waals surface area contributed by atoms with Gasteiger partial charge in [-0.1, -0.05) is 24.9 Å². The molecule has 7 rings (SSSR count). The number of benzene rings is 4. The number of aromatic nitrogens is 1. The molecule has 4 aromatic carbocycles. The van der Waals surface area contributed by atoms with Crippen LogP contribution in [0, 0.1) is 22.9 Å². The number of nitrogens with one attached hydrogen (secondary N) is 1. The molecule has 3 heterocycles. The van der Waals surface area contributed by atoms with Gasteiger partial charge in [-0.25, -0.2) is 18.2 Å². The first-order valence-corrected chi connectivity index (χ1v) is 17.6. The van der Waals surface area contributed by atoms with Crippen LogP contribution in [0.25, 0.3) is 56.0 Å². The van der Waals surface area contributed by atoms with Crippen LogP contribution < -0.4 is 14.4 Å². The van der Waals surface area contributed by atoms with Gasteiger partial charge in [-0.05, 0) is 61.9 Å². The fourth-order valence-corrected chi connectivity index (χ4v) is 7.09. The van der Waals surface area contributed by atoms with Crippen LogP contribution in [0.1, 0.15) is 31.1 Å². The number of rotatable bonds is 9. The maximum atomic E-state index is 14.7. The largest absolute Gasteiger partial charge is 0.496 e. The molecule has 1 aliphatic heterocycles. The Kier molecular flexibility index (Phi) is 9.22. The molecule has 2 aromatic heterocycles. The van der Waals surface area contributed by atoms with Gasteiger partial charge in [0.25, 0.3) is 5.91 Å². The van der Waals surface area contributed by atoms with Crippen molar-refractivity contribution in [2.75, 3.05) is 44.5 Å². The predicted octanol–water partition coefficient (Wildman–Crippen LogP) is 9.23. The summed E-state index contributed by atoms with van der Waals surface area (Å²) >= 11 is 1.49. The number of halogens is 3. The number of carbonyl (C=O) groups excluding carboxylic acids is 1. The van der Waals surface area contributed by atoms with Crippen LogP contribution in [0.5, 0.6) is 5.75 Å². The summed E-state index contributed by atoms with van der Waals surface area (Å²) in [5.41, 5.74) is 3.20. The Balaban J connectivity index is 1.45. The number of nitrogens with zero attached hydrogens (tertiary/aromatic N) is 2. The summed E-state index contributed by atoms with van der Waals surface area (Å²) < 4.78 is 74.9. The summed E-state index contributed by atoms with van der Waals surface area (Å²) in [6.45, 7) is 7.27. The van der Waals surface area contributed by atoms with Crippen molar-refractivity contribution in [2.24, 2.45) is 5.41 Å². The van der Waals surface area contributed by atoms with Crippen molar-refractivity contribution >= 4 is 45.6 Å². The van der Waals surface area contributed by atoms with Crippen LogP contribution in [0.4, 0.5) is 18.9 Å². The van der Waals surface area contributed by atoms with Gasteiger partial charge < -0.3 is 32.7 Å². The van der Waals surface area contributed by atoms with Crippen LogP contribution in [-0.2, 0) is 9.47 Å². The molecular formula is C39H36F3N3O6S. The van der Waals surface area contributed by atoms with Crippen LogP contribution in [0.2, 0.25) is 0 Å². The lowest BCUT2D eigenvalue weighted by molar-refractivity contribution is -0.280. The van der Waals surface area contributed by atoms with Crippen molar-refractivity contribution in [3.8, 4) is 39.7 Å². The van der Waals surface area contributed by atoms with E-state index in [-0.39, 0.29) is 34.2 Å². The average molecular weight is 732 g/mol. The highest BCUT2D eigenvalue weighted by Crippen LogP contribution is 2.45. The van der Waals surface area contributed by atoms with Gasteiger partial charge >= 0.3 is 0 Å². The summed E-state index contributed by atoms with van der Waals surface area (Å²) in [5.74, 6) is -2.45. The van der Waals surface area contributed by atoms with E-state index in [9.17, 15) is 18.0 Å². The molecule has 1 amide bonds. The Morgan fingerprint density at radius 2 is 1.62 bits per heavy atom. The minimum absolute atomic E-state index is 0.0298. The van der Waals surface area contributed by atoms with Crippen molar-refractivity contribution in [1.82, 2.24) is 10.3 Å². The molecule has 0 unspecified atom stereocenters. The van der Waals surface area contributed by atoms with E-state index < -0.39 is 28.7 Å². The van der Waals surface area contributed by atoms with Gasteiger partial charge in [0.2, 0.25) is 5.89 Å². The van der Waals surface area contributed by atoms with E-state index in [0.717, 1.165) is 17.8 Å². The average Bonchev–Trinajstić information content (AvgIpc) is 3.73. The van der Waals surface area contributed by atoms with Gasteiger partial charge in [0.15, 0.2) is 17.2 Å². The number of oxazole rings is 1.